The Morgan fingerprint density at radius 1 is 0.455 bits per heavy atom. The summed E-state index contributed by atoms with van der Waals surface area (Å²) in [6.45, 7) is 0. The van der Waals surface area contributed by atoms with Gasteiger partial charge in [-0.15, -0.1) is 10.2 Å². The fourth-order valence-electron chi connectivity index (χ4n) is 7.92. The molecule has 0 unspecified atom stereocenters. The molecule has 77 heavy (non-hydrogen) atoms. The summed E-state index contributed by atoms with van der Waals surface area (Å²) < 4.78 is 86.7. The molecule has 6 aromatic carbocycles. The third kappa shape index (κ3) is 13.1. The number of aromatic nitrogens is 8. The molecule has 390 valence electrons. The lowest BCUT2D eigenvalue weighted by Crippen LogP contribution is -2.20. The summed E-state index contributed by atoms with van der Waals surface area (Å²) in [6.07, 6.45) is 3.59. The van der Waals surface area contributed by atoms with Crippen molar-refractivity contribution in [2.45, 2.75) is 12.8 Å². The van der Waals surface area contributed by atoms with Gasteiger partial charge in [0.05, 0.1) is 32.8 Å². The van der Waals surface area contributed by atoms with Crippen LogP contribution in [0.3, 0.4) is 0 Å². The normalized spacial score (nSPS) is 11.3. The van der Waals surface area contributed by atoms with Crippen LogP contribution in [0.15, 0.2) is 170 Å². The van der Waals surface area contributed by atoms with Gasteiger partial charge in [0, 0.05) is 12.4 Å². The number of nitrogens with zero attached hydrogens (tertiary/aromatic N) is 8. The molecule has 0 aliphatic heterocycles. The van der Waals surface area contributed by atoms with E-state index >= 15 is 0 Å². The number of para-hydroxylation sites is 4. The molecule has 0 radical (unpaired) electrons. The van der Waals surface area contributed by atoms with Crippen molar-refractivity contribution in [1.82, 2.24) is 40.3 Å². The first-order valence-electron chi connectivity index (χ1n) is 23.6. The van der Waals surface area contributed by atoms with Crippen LogP contribution in [-0.4, -0.2) is 90.0 Å². The van der Waals surface area contributed by atoms with Crippen LogP contribution < -0.4 is 33.1 Å². The van der Waals surface area contributed by atoms with Crippen molar-refractivity contribution in [3.63, 3.8) is 0 Å². The molecule has 10 rings (SSSR count). The monoisotopic (exact) mass is 1090 g/mol. The second-order valence-electron chi connectivity index (χ2n) is 16.6. The summed E-state index contributed by atoms with van der Waals surface area (Å²) in [5.41, 5.74) is 2.48. The number of hydrogen-bond donors (Lipinski definition) is 2. The minimum atomic E-state index is -3.90. The van der Waals surface area contributed by atoms with Gasteiger partial charge in [-0.3, -0.25) is 9.44 Å². The third-order valence-corrected chi connectivity index (χ3v) is 14.3. The number of sulfonamides is 2. The molecule has 0 saturated heterocycles. The highest BCUT2D eigenvalue weighted by Crippen LogP contribution is 2.42. The van der Waals surface area contributed by atoms with Gasteiger partial charge in [-0.1, -0.05) is 121 Å². The lowest BCUT2D eigenvalue weighted by molar-refractivity contribution is 0.348. The number of aryl methyl sites for hydroxylation is 2. The zero-order chi connectivity index (χ0) is 53.8. The van der Waals surface area contributed by atoms with Crippen LogP contribution in [0.4, 0.5) is 11.6 Å². The van der Waals surface area contributed by atoms with Crippen LogP contribution in [0.25, 0.3) is 44.6 Å². The number of rotatable bonds is 19. The summed E-state index contributed by atoms with van der Waals surface area (Å²) in [4.78, 5) is 17.5. The lowest BCUT2D eigenvalue weighted by Gasteiger charge is -2.17. The highest BCUT2D eigenvalue weighted by molar-refractivity contribution is 7.93. The first-order valence-corrected chi connectivity index (χ1v) is 27.2. The Bertz CT molecular complexity index is 3920. The molecule has 4 aromatic heterocycles. The lowest BCUT2D eigenvalue weighted by atomic mass is 10.0. The van der Waals surface area contributed by atoms with E-state index in [0.29, 0.717) is 40.8 Å². The minimum absolute atomic E-state index is 0.00307. The van der Waals surface area contributed by atoms with Gasteiger partial charge in [-0.05, 0) is 94.0 Å². The smallest absolute Gasteiger partial charge is 0.263 e. The number of nitrogens with one attached hydrogen (secondary N) is 2. The minimum Gasteiger partial charge on any atom is -0.493 e. The van der Waals surface area contributed by atoms with Crippen molar-refractivity contribution in [2.24, 2.45) is 0 Å². The van der Waals surface area contributed by atoms with E-state index in [1.807, 2.05) is 84.9 Å². The Morgan fingerprint density at radius 3 is 1.35 bits per heavy atom. The van der Waals surface area contributed by atoms with Gasteiger partial charge in [0.2, 0.25) is 31.5 Å². The van der Waals surface area contributed by atoms with Gasteiger partial charge < -0.3 is 23.7 Å². The van der Waals surface area contributed by atoms with Crippen LogP contribution in [-0.2, 0) is 32.9 Å². The zero-order valence-electron chi connectivity index (χ0n) is 41.4. The van der Waals surface area contributed by atoms with Crippen LogP contribution in [0.2, 0.25) is 5.15 Å². The Kier molecular flexibility index (Phi) is 16.5. The Morgan fingerprint density at radius 2 is 0.883 bits per heavy atom. The molecule has 0 amide bonds. The second-order valence-corrected chi connectivity index (χ2v) is 20.6. The number of benzene rings is 6. The van der Waals surface area contributed by atoms with E-state index in [1.165, 1.54) is 33.7 Å². The van der Waals surface area contributed by atoms with Crippen molar-refractivity contribution >= 4 is 64.8 Å². The van der Waals surface area contributed by atoms with Gasteiger partial charge >= 0.3 is 0 Å². The predicted molar refractivity (Wildman–Crippen MR) is 294 cm³/mol. The molecule has 22 heteroatoms. The van der Waals surface area contributed by atoms with E-state index in [1.54, 1.807) is 72.8 Å². The molecule has 0 atom stereocenters. The Balaban J connectivity index is 0.000000188. The average molecular weight is 1090 g/mol. The van der Waals surface area contributed by atoms with E-state index < -0.39 is 20.0 Å². The number of hydrogen-bond acceptors (Lipinski definition) is 17. The SMILES string of the molecule is COc1ccccc1Oc1c(Cl)nc(-c2cccnn2)nc1NS(=O)(=O)CCc1cccc2ccccc12.COc1ccccc1Oc1c(NS(=O)(=O)CCc2cccc3ccccc23)nc(-c2cccnn2)nc1OC. The highest BCUT2D eigenvalue weighted by Gasteiger charge is 2.26. The molecule has 0 saturated carbocycles. The van der Waals surface area contributed by atoms with E-state index in [0.717, 1.165) is 32.7 Å². The molecule has 0 fully saturated rings. The summed E-state index contributed by atoms with van der Waals surface area (Å²) in [5.74, 6) is 0.966. The summed E-state index contributed by atoms with van der Waals surface area (Å²) in [7, 11) is -3.39. The maximum absolute atomic E-state index is 13.4. The molecular formula is C55H47ClN10O9S2. The van der Waals surface area contributed by atoms with Gasteiger partial charge in [0.25, 0.3) is 5.88 Å². The molecule has 19 nitrogen and oxygen atoms in total. The molecule has 10 aromatic rings. The van der Waals surface area contributed by atoms with E-state index in [2.05, 4.69) is 49.8 Å². The van der Waals surface area contributed by atoms with Crippen LogP contribution in [0.5, 0.6) is 40.4 Å². The van der Waals surface area contributed by atoms with Crippen molar-refractivity contribution in [3.05, 3.63) is 186 Å². The third-order valence-electron chi connectivity index (χ3n) is 11.6. The van der Waals surface area contributed by atoms with Crippen LogP contribution in [0, 0.1) is 0 Å². The number of ether oxygens (including phenoxy) is 5. The van der Waals surface area contributed by atoms with Crippen molar-refractivity contribution in [1.29, 1.82) is 0 Å². The second kappa shape index (κ2) is 24.1. The predicted octanol–water partition coefficient (Wildman–Crippen LogP) is 10.4. The molecule has 4 heterocycles. The maximum atomic E-state index is 13.4. The number of methoxy groups -OCH3 is 3. The topological polar surface area (TPSA) is 242 Å². The molecule has 0 bridgehead atoms. The fourth-order valence-corrected chi connectivity index (χ4v) is 10.2. The molecule has 0 aliphatic rings. The molecule has 2 N–H and O–H groups in total. The van der Waals surface area contributed by atoms with Gasteiger partial charge in [0.1, 0.15) is 11.4 Å². The van der Waals surface area contributed by atoms with Crippen molar-refractivity contribution in [2.75, 3.05) is 42.3 Å². The molecule has 0 aliphatic carbocycles. The first-order chi connectivity index (χ1) is 37.4. The van der Waals surface area contributed by atoms with Crippen molar-refractivity contribution in [3.8, 4) is 63.4 Å². The van der Waals surface area contributed by atoms with E-state index in [-0.39, 0.29) is 63.7 Å². The summed E-state index contributed by atoms with van der Waals surface area (Å²) >= 11 is 6.50. The highest BCUT2D eigenvalue weighted by atomic mass is 35.5. The molecule has 0 spiro atoms. The zero-order valence-corrected chi connectivity index (χ0v) is 43.8. The number of anilines is 2. The summed E-state index contributed by atoms with van der Waals surface area (Å²) in [6, 6.07) is 47.8. The average Bonchev–Trinajstić information content (AvgIpc) is 3.46. The quantitative estimate of drug-likeness (QED) is 0.0715. The largest absolute Gasteiger partial charge is 0.493 e. The Labute approximate surface area is 448 Å². The van der Waals surface area contributed by atoms with Crippen LogP contribution in [0.1, 0.15) is 11.1 Å². The maximum Gasteiger partial charge on any atom is 0.263 e. The molecular weight excluding hydrogens is 1040 g/mol. The summed E-state index contributed by atoms with van der Waals surface area (Å²) in [5, 5.41) is 19.7. The van der Waals surface area contributed by atoms with Gasteiger partial charge in [-0.2, -0.15) is 15.2 Å². The van der Waals surface area contributed by atoms with Crippen molar-refractivity contribution < 1.29 is 40.5 Å². The van der Waals surface area contributed by atoms with Gasteiger partial charge in [-0.25, -0.2) is 31.8 Å². The number of halogens is 1. The fraction of sp³-hybridized carbons (Fsp3) is 0.127. The number of fused-ring (bicyclic) bond motifs is 2. The van der Waals surface area contributed by atoms with Crippen LogP contribution >= 0.6 is 11.6 Å². The van der Waals surface area contributed by atoms with E-state index in [9.17, 15) is 16.8 Å². The standard InChI is InChI=1S/C28H25N5O5S.C27H22ClN5O4S/c1-36-23-14-5-6-15-24(23)38-25-27(30-26(31-28(25)37-2)22-13-8-17-29-32-22)33-39(34,35)18-16-20-11-7-10-19-9-3-4-12-21(19)20;1-36-22-13-4-5-14-23(22)37-24-25(28)30-26(21-12-7-16-29-32-21)31-27(24)33-38(34,35)17-15-19-10-6-9-18-8-2-3-11-20(18)19/h3-15,17H,16,18H2,1-2H3,(H,30,31,33);2-14,16H,15,17H2,1H3,(H,30,31,33). The van der Waals surface area contributed by atoms with Gasteiger partial charge in [0.15, 0.2) is 51.4 Å². The Hall–Kier alpha value is -9.05. The first kappa shape index (κ1) is 52.8. The van der Waals surface area contributed by atoms with E-state index in [4.69, 9.17) is 35.3 Å².